The molecular formula is C11H9NO3. The molecule has 0 bridgehead atoms. The Kier molecular flexibility index (Phi) is 2.33. The zero-order valence-electron chi connectivity index (χ0n) is 7.93. The van der Waals surface area contributed by atoms with E-state index in [0.29, 0.717) is 17.7 Å². The Hall–Kier alpha value is -1.97. The maximum atomic E-state index is 11.7. The van der Waals surface area contributed by atoms with E-state index in [1.165, 1.54) is 0 Å². The predicted octanol–water partition coefficient (Wildman–Crippen LogP) is 0.951. The molecule has 4 heteroatoms. The van der Waals surface area contributed by atoms with Crippen molar-refractivity contribution in [1.29, 1.82) is 0 Å². The average Bonchev–Trinajstić information content (AvgIpc) is 2.54. The van der Waals surface area contributed by atoms with Gasteiger partial charge in [-0.2, -0.15) is 0 Å². The average molecular weight is 203 g/mol. The number of carboxylic acids is 1. The molecule has 0 radical (unpaired) electrons. The minimum Gasteiger partial charge on any atom is -0.480 e. The fourth-order valence-corrected chi connectivity index (χ4v) is 1.60. The summed E-state index contributed by atoms with van der Waals surface area (Å²) in [5, 5.41) is 8.46. The molecule has 1 aliphatic carbocycles. The molecule has 0 saturated heterocycles. The molecular weight excluding hydrogens is 194 g/mol. The Morgan fingerprint density at radius 3 is 2.80 bits per heavy atom. The van der Waals surface area contributed by atoms with Gasteiger partial charge < -0.3 is 5.11 Å². The summed E-state index contributed by atoms with van der Waals surface area (Å²) in [5.74, 6) is -1.17. The fraction of sp³-hybridized carbons (Fsp3) is 0.182. The van der Waals surface area contributed by atoms with Crippen molar-refractivity contribution in [3.63, 3.8) is 0 Å². The summed E-state index contributed by atoms with van der Waals surface area (Å²) in [6, 6.07) is 7.24. The molecule has 0 fully saturated rings. The first-order valence-electron chi connectivity index (χ1n) is 4.56. The first-order valence-corrected chi connectivity index (χ1v) is 4.56. The van der Waals surface area contributed by atoms with Gasteiger partial charge in [0.1, 0.15) is 6.54 Å². The zero-order valence-corrected chi connectivity index (χ0v) is 7.93. The van der Waals surface area contributed by atoms with Crippen LogP contribution in [-0.2, 0) is 11.2 Å². The highest BCUT2D eigenvalue weighted by Gasteiger charge is 2.25. The molecule has 0 aromatic heterocycles. The Labute approximate surface area is 86.3 Å². The Morgan fingerprint density at radius 2 is 2.13 bits per heavy atom. The quantitative estimate of drug-likeness (QED) is 0.778. The van der Waals surface area contributed by atoms with Crippen molar-refractivity contribution in [3.05, 3.63) is 35.4 Å². The largest absolute Gasteiger partial charge is 0.480 e. The van der Waals surface area contributed by atoms with Crippen LogP contribution in [0.4, 0.5) is 0 Å². The van der Waals surface area contributed by atoms with Crippen molar-refractivity contribution >= 4 is 17.5 Å². The van der Waals surface area contributed by atoms with E-state index in [0.717, 1.165) is 5.56 Å². The number of hydrogen-bond donors (Lipinski definition) is 1. The molecule has 0 unspecified atom stereocenters. The number of carbonyl (C=O) groups excluding carboxylic acids is 1. The number of fused-ring (bicyclic) bond motifs is 1. The van der Waals surface area contributed by atoms with Crippen LogP contribution in [0.15, 0.2) is 29.3 Å². The van der Waals surface area contributed by atoms with Crippen LogP contribution in [0.1, 0.15) is 15.9 Å². The van der Waals surface area contributed by atoms with E-state index in [1.54, 1.807) is 12.1 Å². The standard InChI is InChI=1S/C11H9NO3/c13-10(14)6-12-9-5-7-3-1-2-4-8(7)11(9)15/h1-4H,5-6H2,(H,13,14). The summed E-state index contributed by atoms with van der Waals surface area (Å²) in [7, 11) is 0. The first-order chi connectivity index (χ1) is 7.18. The first kappa shape index (κ1) is 9.58. The van der Waals surface area contributed by atoms with Crippen LogP contribution in [0.25, 0.3) is 0 Å². The molecule has 0 saturated carbocycles. The number of aliphatic imine (C=N–C) groups is 1. The maximum Gasteiger partial charge on any atom is 0.325 e. The van der Waals surface area contributed by atoms with Crippen LogP contribution in [-0.4, -0.2) is 29.1 Å². The highest BCUT2D eigenvalue weighted by molar-refractivity contribution is 6.49. The van der Waals surface area contributed by atoms with Gasteiger partial charge in [0, 0.05) is 12.0 Å². The van der Waals surface area contributed by atoms with Crippen LogP contribution in [0, 0.1) is 0 Å². The minimum atomic E-state index is -1.02. The van der Waals surface area contributed by atoms with E-state index < -0.39 is 5.97 Å². The van der Waals surface area contributed by atoms with Crippen molar-refractivity contribution in [3.8, 4) is 0 Å². The second-order valence-corrected chi connectivity index (χ2v) is 3.32. The lowest BCUT2D eigenvalue weighted by atomic mass is 10.1. The summed E-state index contributed by atoms with van der Waals surface area (Å²) in [5.41, 5.74) is 1.91. The van der Waals surface area contributed by atoms with Crippen molar-refractivity contribution in [2.24, 2.45) is 4.99 Å². The van der Waals surface area contributed by atoms with Gasteiger partial charge in [-0.3, -0.25) is 14.6 Å². The molecule has 2 rings (SSSR count). The summed E-state index contributed by atoms with van der Waals surface area (Å²) in [4.78, 5) is 25.8. The molecule has 1 aromatic carbocycles. The molecule has 0 atom stereocenters. The third kappa shape index (κ3) is 1.79. The molecule has 1 aromatic rings. The van der Waals surface area contributed by atoms with Crippen LogP contribution >= 0.6 is 0 Å². The van der Waals surface area contributed by atoms with Gasteiger partial charge in [0.05, 0.1) is 5.71 Å². The number of hydrogen-bond acceptors (Lipinski definition) is 3. The minimum absolute atomic E-state index is 0.146. The zero-order chi connectivity index (χ0) is 10.8. The van der Waals surface area contributed by atoms with Crippen LogP contribution in [0.2, 0.25) is 0 Å². The number of benzene rings is 1. The number of aliphatic carboxylic acids is 1. The van der Waals surface area contributed by atoms with Crippen molar-refractivity contribution in [2.75, 3.05) is 6.54 Å². The van der Waals surface area contributed by atoms with Gasteiger partial charge in [-0.1, -0.05) is 24.3 Å². The van der Waals surface area contributed by atoms with Crippen LogP contribution < -0.4 is 0 Å². The van der Waals surface area contributed by atoms with E-state index in [9.17, 15) is 9.59 Å². The third-order valence-electron chi connectivity index (χ3n) is 2.29. The summed E-state index contributed by atoms with van der Waals surface area (Å²) in [6.07, 6.45) is 0.447. The monoisotopic (exact) mass is 203 g/mol. The number of rotatable bonds is 2. The van der Waals surface area contributed by atoms with Crippen molar-refractivity contribution in [2.45, 2.75) is 6.42 Å². The number of ketones is 1. The fourth-order valence-electron chi connectivity index (χ4n) is 1.60. The highest BCUT2D eigenvalue weighted by atomic mass is 16.4. The summed E-state index contributed by atoms with van der Waals surface area (Å²) >= 11 is 0. The van der Waals surface area contributed by atoms with E-state index in [2.05, 4.69) is 4.99 Å². The lowest BCUT2D eigenvalue weighted by Crippen LogP contribution is -2.11. The lowest BCUT2D eigenvalue weighted by molar-refractivity contribution is -0.135. The Balaban J connectivity index is 2.27. The molecule has 1 aliphatic rings. The second-order valence-electron chi connectivity index (χ2n) is 3.32. The summed E-state index contributed by atoms with van der Waals surface area (Å²) in [6.45, 7) is -0.338. The molecule has 15 heavy (non-hydrogen) atoms. The number of nitrogens with zero attached hydrogens (tertiary/aromatic N) is 1. The Bertz CT molecular complexity index is 463. The van der Waals surface area contributed by atoms with Crippen LogP contribution in [0.5, 0.6) is 0 Å². The normalized spacial score (nSPS) is 16.8. The van der Waals surface area contributed by atoms with Gasteiger partial charge in [-0.05, 0) is 5.56 Å². The van der Waals surface area contributed by atoms with E-state index in [4.69, 9.17) is 5.11 Å². The van der Waals surface area contributed by atoms with Gasteiger partial charge in [0.25, 0.3) is 0 Å². The predicted molar refractivity (Wildman–Crippen MR) is 54.4 cm³/mol. The van der Waals surface area contributed by atoms with E-state index >= 15 is 0 Å². The highest BCUT2D eigenvalue weighted by Crippen LogP contribution is 2.19. The molecule has 76 valence electrons. The van der Waals surface area contributed by atoms with Crippen molar-refractivity contribution in [1.82, 2.24) is 0 Å². The molecule has 0 aliphatic heterocycles. The number of carbonyl (C=O) groups is 2. The third-order valence-corrected chi connectivity index (χ3v) is 2.29. The van der Waals surface area contributed by atoms with Gasteiger partial charge in [0.15, 0.2) is 0 Å². The maximum absolute atomic E-state index is 11.7. The molecule has 1 N–H and O–H groups in total. The van der Waals surface area contributed by atoms with Gasteiger partial charge in [0.2, 0.25) is 5.78 Å². The number of Topliss-reactive ketones (excluding diaryl/α,β-unsaturated/α-hetero) is 1. The molecule has 4 nitrogen and oxygen atoms in total. The lowest BCUT2D eigenvalue weighted by Gasteiger charge is -1.91. The van der Waals surface area contributed by atoms with Gasteiger partial charge in [-0.25, -0.2) is 0 Å². The smallest absolute Gasteiger partial charge is 0.325 e. The molecule has 0 spiro atoms. The number of carboxylic acid groups (broad SMARTS) is 1. The van der Waals surface area contributed by atoms with Crippen molar-refractivity contribution < 1.29 is 14.7 Å². The molecule has 0 heterocycles. The Morgan fingerprint density at radius 1 is 1.40 bits per heavy atom. The van der Waals surface area contributed by atoms with E-state index in [-0.39, 0.29) is 12.3 Å². The second kappa shape index (κ2) is 3.65. The summed E-state index contributed by atoms with van der Waals surface area (Å²) < 4.78 is 0. The van der Waals surface area contributed by atoms with Gasteiger partial charge in [-0.15, -0.1) is 0 Å². The van der Waals surface area contributed by atoms with E-state index in [1.807, 2.05) is 12.1 Å². The SMILES string of the molecule is O=C(O)CN=C1Cc2ccccc2C1=O. The topological polar surface area (TPSA) is 66.7 Å². The van der Waals surface area contributed by atoms with Crippen LogP contribution in [0.3, 0.4) is 0 Å². The molecule has 0 amide bonds. The van der Waals surface area contributed by atoms with Gasteiger partial charge >= 0.3 is 5.97 Å².